The molecule has 0 saturated carbocycles. The van der Waals surface area contributed by atoms with Crippen molar-refractivity contribution >= 4 is 12.6 Å². The van der Waals surface area contributed by atoms with Crippen molar-refractivity contribution in [2.24, 2.45) is 0 Å². The summed E-state index contributed by atoms with van der Waals surface area (Å²) in [5.74, 6) is 1.15. The molecule has 44 valence electrons. The van der Waals surface area contributed by atoms with E-state index in [2.05, 4.69) is 12.6 Å². The third kappa shape index (κ3) is 0.816. The first kappa shape index (κ1) is 5.56. The standard InChI is InChI=1S/C5H6O2S/c6-4-1-2-7-5(4)3-8/h1-2,6,8H,3H2. The van der Waals surface area contributed by atoms with E-state index in [0.717, 1.165) is 0 Å². The highest BCUT2D eigenvalue weighted by Gasteiger charge is 1.98. The van der Waals surface area contributed by atoms with Gasteiger partial charge in [-0.05, 0) is 0 Å². The third-order valence-electron chi connectivity index (χ3n) is 0.866. The van der Waals surface area contributed by atoms with Crippen molar-refractivity contribution in [1.29, 1.82) is 0 Å². The molecule has 0 saturated heterocycles. The molecule has 0 fully saturated rings. The Morgan fingerprint density at radius 1 is 1.75 bits per heavy atom. The van der Waals surface area contributed by atoms with Crippen LogP contribution in [-0.4, -0.2) is 5.11 Å². The van der Waals surface area contributed by atoms with Gasteiger partial charge in [-0.15, -0.1) is 0 Å². The highest BCUT2D eigenvalue weighted by Crippen LogP contribution is 2.18. The molecule has 0 unspecified atom stereocenters. The molecule has 0 aromatic carbocycles. The Kier molecular flexibility index (Phi) is 1.48. The van der Waals surface area contributed by atoms with Gasteiger partial charge in [0.25, 0.3) is 0 Å². The van der Waals surface area contributed by atoms with Gasteiger partial charge in [-0.2, -0.15) is 12.6 Å². The van der Waals surface area contributed by atoms with E-state index in [0.29, 0.717) is 11.5 Å². The summed E-state index contributed by atoms with van der Waals surface area (Å²) >= 11 is 3.89. The summed E-state index contributed by atoms with van der Waals surface area (Å²) in [6, 6.07) is 1.49. The number of hydrogen-bond donors (Lipinski definition) is 2. The lowest BCUT2D eigenvalue weighted by Crippen LogP contribution is -1.67. The molecule has 0 aliphatic heterocycles. The van der Waals surface area contributed by atoms with E-state index in [1.807, 2.05) is 0 Å². The lowest BCUT2D eigenvalue weighted by Gasteiger charge is -1.85. The highest BCUT2D eigenvalue weighted by molar-refractivity contribution is 7.79. The summed E-state index contributed by atoms with van der Waals surface area (Å²) in [7, 11) is 0. The molecule has 0 aliphatic carbocycles. The Bertz CT molecular complexity index is 171. The van der Waals surface area contributed by atoms with Crippen LogP contribution < -0.4 is 0 Å². The average molecular weight is 130 g/mol. The minimum Gasteiger partial charge on any atom is -0.504 e. The number of aromatic hydroxyl groups is 1. The minimum atomic E-state index is 0.181. The second-order valence-corrected chi connectivity index (χ2v) is 1.70. The number of thiol groups is 1. The van der Waals surface area contributed by atoms with Crippen molar-refractivity contribution in [3.05, 3.63) is 18.1 Å². The van der Waals surface area contributed by atoms with Crippen molar-refractivity contribution in [1.82, 2.24) is 0 Å². The van der Waals surface area contributed by atoms with Gasteiger partial charge < -0.3 is 9.52 Å². The molecule has 1 aromatic heterocycles. The molecule has 0 bridgehead atoms. The Hall–Kier alpha value is -0.570. The smallest absolute Gasteiger partial charge is 0.157 e. The highest BCUT2D eigenvalue weighted by atomic mass is 32.1. The molecule has 8 heavy (non-hydrogen) atoms. The van der Waals surface area contributed by atoms with Crippen molar-refractivity contribution in [3.63, 3.8) is 0 Å². The summed E-state index contributed by atoms with van der Waals surface area (Å²) < 4.78 is 4.79. The SMILES string of the molecule is Oc1ccoc1CS. The van der Waals surface area contributed by atoms with Crippen molar-refractivity contribution in [2.45, 2.75) is 5.75 Å². The van der Waals surface area contributed by atoms with Crippen molar-refractivity contribution in [2.75, 3.05) is 0 Å². The van der Waals surface area contributed by atoms with Gasteiger partial charge in [0, 0.05) is 6.07 Å². The van der Waals surface area contributed by atoms with Gasteiger partial charge in [-0.1, -0.05) is 0 Å². The van der Waals surface area contributed by atoms with Crippen LogP contribution in [0.1, 0.15) is 5.76 Å². The maximum Gasteiger partial charge on any atom is 0.157 e. The summed E-state index contributed by atoms with van der Waals surface area (Å²) in [4.78, 5) is 0. The molecule has 0 radical (unpaired) electrons. The lowest BCUT2D eigenvalue weighted by molar-refractivity contribution is 0.441. The van der Waals surface area contributed by atoms with Crippen LogP contribution in [0.4, 0.5) is 0 Å². The Balaban J connectivity index is 2.92. The predicted molar refractivity (Wildman–Crippen MR) is 33.1 cm³/mol. The first-order valence-corrected chi connectivity index (χ1v) is 2.84. The normalized spacial score (nSPS) is 9.62. The fourth-order valence-corrected chi connectivity index (χ4v) is 0.689. The zero-order valence-electron chi connectivity index (χ0n) is 4.16. The predicted octanol–water partition coefficient (Wildman–Crippen LogP) is 1.42. The Morgan fingerprint density at radius 3 is 2.75 bits per heavy atom. The van der Waals surface area contributed by atoms with Crippen LogP contribution in [-0.2, 0) is 5.75 Å². The quantitative estimate of drug-likeness (QED) is 0.563. The van der Waals surface area contributed by atoms with Crippen molar-refractivity contribution in [3.8, 4) is 5.75 Å². The first-order chi connectivity index (χ1) is 3.84. The molecule has 1 rings (SSSR count). The Morgan fingerprint density at radius 2 is 2.50 bits per heavy atom. The van der Waals surface area contributed by atoms with Crippen LogP contribution in [0, 0.1) is 0 Å². The minimum absolute atomic E-state index is 0.181. The van der Waals surface area contributed by atoms with Crippen molar-refractivity contribution < 1.29 is 9.52 Å². The maximum atomic E-state index is 8.81. The van der Waals surface area contributed by atoms with Crippen LogP contribution in [0.5, 0.6) is 5.75 Å². The van der Waals surface area contributed by atoms with Gasteiger partial charge in [0.2, 0.25) is 0 Å². The summed E-state index contributed by atoms with van der Waals surface area (Å²) in [6.45, 7) is 0. The number of hydrogen-bond acceptors (Lipinski definition) is 3. The van der Waals surface area contributed by atoms with E-state index in [-0.39, 0.29) is 5.75 Å². The van der Waals surface area contributed by atoms with E-state index in [1.54, 1.807) is 0 Å². The van der Waals surface area contributed by atoms with E-state index in [4.69, 9.17) is 9.52 Å². The summed E-state index contributed by atoms with van der Waals surface area (Å²) in [5, 5.41) is 8.81. The van der Waals surface area contributed by atoms with E-state index in [9.17, 15) is 0 Å². The molecule has 1 N–H and O–H groups in total. The topological polar surface area (TPSA) is 33.4 Å². The summed E-state index contributed by atoms with van der Waals surface area (Å²) in [6.07, 6.45) is 1.43. The molecule has 1 aromatic rings. The Labute approximate surface area is 52.5 Å². The average Bonchev–Trinajstić information content (AvgIpc) is 2.14. The van der Waals surface area contributed by atoms with Gasteiger partial charge >= 0.3 is 0 Å². The largest absolute Gasteiger partial charge is 0.504 e. The summed E-state index contributed by atoms with van der Waals surface area (Å²) in [5.41, 5.74) is 0. The van der Waals surface area contributed by atoms with Crippen LogP contribution >= 0.6 is 12.6 Å². The van der Waals surface area contributed by atoms with Gasteiger partial charge in [-0.25, -0.2) is 0 Å². The molecule has 0 aliphatic rings. The molecule has 0 amide bonds. The van der Waals surface area contributed by atoms with Gasteiger partial charge in [0.05, 0.1) is 12.0 Å². The molecule has 0 atom stereocenters. The molecular formula is C5H6O2S. The zero-order valence-corrected chi connectivity index (χ0v) is 5.06. The second-order valence-electron chi connectivity index (χ2n) is 1.39. The lowest BCUT2D eigenvalue weighted by atomic mass is 10.5. The first-order valence-electron chi connectivity index (χ1n) is 2.21. The fraction of sp³-hybridized carbons (Fsp3) is 0.200. The molecule has 2 nitrogen and oxygen atoms in total. The number of furan rings is 1. The van der Waals surface area contributed by atoms with Gasteiger partial charge in [0.1, 0.15) is 0 Å². The third-order valence-corrected chi connectivity index (χ3v) is 1.15. The van der Waals surface area contributed by atoms with E-state index in [1.165, 1.54) is 12.3 Å². The zero-order chi connectivity index (χ0) is 5.98. The van der Waals surface area contributed by atoms with Crippen LogP contribution in [0.3, 0.4) is 0 Å². The van der Waals surface area contributed by atoms with E-state index < -0.39 is 0 Å². The second kappa shape index (κ2) is 2.13. The van der Waals surface area contributed by atoms with E-state index >= 15 is 0 Å². The van der Waals surface area contributed by atoms with Crippen LogP contribution in [0.15, 0.2) is 16.7 Å². The van der Waals surface area contributed by atoms with Crippen LogP contribution in [0.25, 0.3) is 0 Å². The van der Waals surface area contributed by atoms with Gasteiger partial charge in [0.15, 0.2) is 11.5 Å². The monoisotopic (exact) mass is 130 g/mol. The molecule has 1 heterocycles. The fourth-order valence-electron chi connectivity index (χ4n) is 0.452. The molecule has 0 spiro atoms. The van der Waals surface area contributed by atoms with Crippen LogP contribution in [0.2, 0.25) is 0 Å². The molecule has 3 heteroatoms. The number of rotatable bonds is 1. The molecular weight excluding hydrogens is 124 g/mol. The van der Waals surface area contributed by atoms with Gasteiger partial charge in [-0.3, -0.25) is 0 Å². The maximum absolute atomic E-state index is 8.81.